The van der Waals surface area contributed by atoms with Gasteiger partial charge in [0.2, 0.25) is 5.91 Å². The molecule has 2 N–H and O–H groups in total. The van der Waals surface area contributed by atoms with E-state index in [4.69, 9.17) is 4.74 Å². The van der Waals surface area contributed by atoms with Crippen molar-refractivity contribution in [3.05, 3.63) is 70.3 Å². The summed E-state index contributed by atoms with van der Waals surface area (Å²) in [6.07, 6.45) is 2.92. The highest BCUT2D eigenvalue weighted by Gasteiger charge is 2.33. The van der Waals surface area contributed by atoms with Crippen molar-refractivity contribution in [1.29, 1.82) is 0 Å². The number of rotatable bonds is 7. The molecule has 2 aromatic carbocycles. The highest BCUT2D eigenvalue weighted by atomic mass is 16.5. The number of amides is 1. The molecule has 0 aliphatic heterocycles. The van der Waals surface area contributed by atoms with Crippen LogP contribution in [-0.4, -0.2) is 23.0 Å². The zero-order valence-corrected chi connectivity index (χ0v) is 15.8. The molecule has 6 nitrogen and oxygen atoms in total. The average molecular weight is 377 g/mol. The van der Waals surface area contributed by atoms with Crippen molar-refractivity contribution in [2.75, 3.05) is 7.11 Å². The molecule has 4 rings (SSSR count). The van der Waals surface area contributed by atoms with Gasteiger partial charge in [0.1, 0.15) is 11.6 Å². The molecule has 0 saturated heterocycles. The Morgan fingerprint density at radius 2 is 1.96 bits per heavy atom. The van der Waals surface area contributed by atoms with E-state index in [1.54, 1.807) is 19.2 Å². The number of para-hydroxylation sites is 1. The number of carbonyl (C=O) groups is 1. The third-order valence-corrected chi connectivity index (χ3v) is 5.14. The topological polar surface area (TPSA) is 84.1 Å². The van der Waals surface area contributed by atoms with Crippen molar-refractivity contribution < 1.29 is 9.53 Å². The van der Waals surface area contributed by atoms with Crippen LogP contribution in [0.1, 0.15) is 36.7 Å². The highest BCUT2D eigenvalue weighted by molar-refractivity contribution is 5.78. The Hall–Kier alpha value is -3.15. The van der Waals surface area contributed by atoms with Crippen LogP contribution < -0.4 is 15.6 Å². The first-order valence-electron chi connectivity index (χ1n) is 9.55. The second-order valence-electron chi connectivity index (χ2n) is 7.19. The van der Waals surface area contributed by atoms with Gasteiger partial charge in [-0.25, -0.2) is 4.98 Å². The number of benzene rings is 2. The summed E-state index contributed by atoms with van der Waals surface area (Å²) in [7, 11) is 1.64. The summed E-state index contributed by atoms with van der Waals surface area (Å²) in [5, 5.41) is 3.71. The molecular formula is C22H23N3O3. The number of carbonyl (C=O) groups excluding carboxylic acids is 1. The SMILES string of the molecule is COc1ccc(C(NC(=O)CCc2nc3ccccc3c(=O)[nH]2)C2CC2)cc1. The van der Waals surface area contributed by atoms with E-state index in [2.05, 4.69) is 15.3 Å². The Bertz CT molecular complexity index is 1040. The Balaban J connectivity index is 1.42. The lowest BCUT2D eigenvalue weighted by atomic mass is 10.0. The maximum atomic E-state index is 12.5. The molecule has 0 spiro atoms. The van der Waals surface area contributed by atoms with Crippen molar-refractivity contribution in [2.24, 2.45) is 5.92 Å². The summed E-state index contributed by atoms with van der Waals surface area (Å²) in [4.78, 5) is 31.9. The first kappa shape index (κ1) is 18.2. The molecule has 1 saturated carbocycles. The second kappa shape index (κ2) is 7.84. The van der Waals surface area contributed by atoms with E-state index in [1.165, 1.54) is 0 Å². The largest absolute Gasteiger partial charge is 0.497 e. The first-order valence-corrected chi connectivity index (χ1v) is 9.55. The van der Waals surface area contributed by atoms with Crippen LogP contribution in [-0.2, 0) is 11.2 Å². The molecule has 0 radical (unpaired) electrons. The Morgan fingerprint density at radius 3 is 2.68 bits per heavy atom. The number of nitrogens with zero attached hydrogens (tertiary/aromatic N) is 1. The van der Waals surface area contributed by atoms with Crippen molar-refractivity contribution in [3.63, 3.8) is 0 Å². The van der Waals surface area contributed by atoms with Gasteiger partial charge in [0.15, 0.2) is 0 Å². The molecule has 1 fully saturated rings. The fourth-order valence-corrected chi connectivity index (χ4v) is 3.44. The standard InChI is InChI=1S/C22H23N3O3/c1-28-16-10-8-15(9-11-16)21(14-6-7-14)25-20(26)13-12-19-23-18-5-3-2-4-17(18)22(27)24-19/h2-5,8-11,14,21H,6-7,12-13H2,1H3,(H,25,26)(H,23,24,27). The van der Waals surface area contributed by atoms with Crippen LogP contribution in [0.25, 0.3) is 10.9 Å². The molecule has 3 aromatic rings. The van der Waals surface area contributed by atoms with Crippen molar-refractivity contribution in [2.45, 2.75) is 31.7 Å². The number of hydrogen-bond donors (Lipinski definition) is 2. The number of hydrogen-bond acceptors (Lipinski definition) is 4. The maximum absolute atomic E-state index is 12.5. The van der Waals surface area contributed by atoms with Crippen LogP contribution in [0.15, 0.2) is 53.3 Å². The fraction of sp³-hybridized carbons (Fsp3) is 0.318. The van der Waals surface area contributed by atoms with Gasteiger partial charge in [0.05, 0.1) is 24.1 Å². The number of methoxy groups -OCH3 is 1. The number of aryl methyl sites for hydroxylation is 1. The number of fused-ring (bicyclic) bond motifs is 1. The minimum absolute atomic E-state index is 0.0158. The second-order valence-corrected chi connectivity index (χ2v) is 7.19. The van der Waals surface area contributed by atoms with Crippen molar-refractivity contribution in [3.8, 4) is 5.75 Å². The number of ether oxygens (including phenoxy) is 1. The molecule has 6 heteroatoms. The van der Waals surface area contributed by atoms with Crippen molar-refractivity contribution >= 4 is 16.8 Å². The van der Waals surface area contributed by atoms with E-state index in [0.29, 0.717) is 29.1 Å². The van der Waals surface area contributed by atoms with E-state index < -0.39 is 0 Å². The van der Waals surface area contributed by atoms with Gasteiger partial charge in [-0.15, -0.1) is 0 Å². The summed E-state index contributed by atoms with van der Waals surface area (Å²) < 4.78 is 5.21. The van der Waals surface area contributed by atoms with E-state index >= 15 is 0 Å². The summed E-state index contributed by atoms with van der Waals surface area (Å²) in [5.41, 5.74) is 1.57. The minimum Gasteiger partial charge on any atom is -0.497 e. The molecule has 1 unspecified atom stereocenters. The molecule has 1 amide bonds. The summed E-state index contributed by atoms with van der Waals surface area (Å²) >= 11 is 0. The van der Waals surface area contributed by atoms with Crippen LogP contribution in [0.5, 0.6) is 5.75 Å². The molecule has 1 aliphatic carbocycles. The van der Waals surface area contributed by atoms with Gasteiger partial charge in [0, 0.05) is 12.8 Å². The molecule has 1 atom stereocenters. The Labute approximate surface area is 163 Å². The van der Waals surface area contributed by atoms with Crippen LogP contribution in [0.3, 0.4) is 0 Å². The molecule has 1 heterocycles. The number of aromatic nitrogens is 2. The summed E-state index contributed by atoms with van der Waals surface area (Å²) in [5.74, 6) is 1.78. The minimum atomic E-state index is -0.171. The highest BCUT2D eigenvalue weighted by Crippen LogP contribution is 2.41. The summed E-state index contributed by atoms with van der Waals surface area (Å²) in [6, 6.07) is 15.1. The fourth-order valence-electron chi connectivity index (χ4n) is 3.44. The quantitative estimate of drug-likeness (QED) is 0.663. The lowest BCUT2D eigenvalue weighted by Crippen LogP contribution is -2.30. The maximum Gasteiger partial charge on any atom is 0.258 e. The van der Waals surface area contributed by atoms with Crippen LogP contribution in [0, 0.1) is 5.92 Å². The van der Waals surface area contributed by atoms with E-state index in [-0.39, 0.29) is 23.9 Å². The molecule has 0 bridgehead atoms. The molecule has 1 aromatic heterocycles. The Kier molecular flexibility index (Phi) is 5.10. The Morgan fingerprint density at radius 1 is 1.21 bits per heavy atom. The van der Waals surface area contributed by atoms with Gasteiger partial charge < -0.3 is 15.0 Å². The molecule has 144 valence electrons. The molecule has 28 heavy (non-hydrogen) atoms. The van der Waals surface area contributed by atoms with E-state index in [0.717, 1.165) is 24.2 Å². The van der Waals surface area contributed by atoms with Gasteiger partial charge in [-0.05, 0) is 48.6 Å². The van der Waals surface area contributed by atoms with Gasteiger partial charge in [-0.2, -0.15) is 0 Å². The van der Waals surface area contributed by atoms with Gasteiger partial charge in [-0.3, -0.25) is 9.59 Å². The zero-order valence-electron chi connectivity index (χ0n) is 15.8. The van der Waals surface area contributed by atoms with Crippen LogP contribution in [0.2, 0.25) is 0 Å². The monoisotopic (exact) mass is 377 g/mol. The third kappa shape index (κ3) is 4.06. The van der Waals surface area contributed by atoms with Crippen LogP contribution >= 0.6 is 0 Å². The normalized spacial score (nSPS) is 14.6. The van der Waals surface area contributed by atoms with Crippen molar-refractivity contribution in [1.82, 2.24) is 15.3 Å². The zero-order chi connectivity index (χ0) is 19.5. The first-order chi connectivity index (χ1) is 13.6. The smallest absolute Gasteiger partial charge is 0.258 e. The van der Waals surface area contributed by atoms with Gasteiger partial charge in [-0.1, -0.05) is 24.3 Å². The number of nitrogens with one attached hydrogen (secondary N) is 2. The lowest BCUT2D eigenvalue weighted by Gasteiger charge is -2.19. The molecule has 1 aliphatic rings. The van der Waals surface area contributed by atoms with E-state index in [9.17, 15) is 9.59 Å². The predicted octanol–water partition coefficient (Wildman–Crippen LogP) is 3.13. The molecular weight excluding hydrogens is 354 g/mol. The predicted molar refractivity (Wildman–Crippen MR) is 107 cm³/mol. The van der Waals surface area contributed by atoms with Gasteiger partial charge >= 0.3 is 0 Å². The van der Waals surface area contributed by atoms with E-state index in [1.807, 2.05) is 36.4 Å². The average Bonchev–Trinajstić information content (AvgIpc) is 3.56. The lowest BCUT2D eigenvalue weighted by molar-refractivity contribution is -0.122. The number of aromatic amines is 1. The third-order valence-electron chi connectivity index (χ3n) is 5.14. The summed E-state index contributed by atoms with van der Waals surface area (Å²) in [6.45, 7) is 0. The number of H-pyrrole nitrogens is 1. The van der Waals surface area contributed by atoms with Gasteiger partial charge in [0.25, 0.3) is 5.56 Å². The van der Waals surface area contributed by atoms with Crippen LogP contribution in [0.4, 0.5) is 0 Å².